The van der Waals surface area contributed by atoms with E-state index in [4.69, 9.17) is 4.74 Å². The molecule has 20 heavy (non-hydrogen) atoms. The lowest BCUT2D eigenvalue weighted by molar-refractivity contribution is 0.289. The van der Waals surface area contributed by atoms with E-state index in [0.29, 0.717) is 6.07 Å². The van der Waals surface area contributed by atoms with Crippen molar-refractivity contribution in [2.45, 2.75) is 13.5 Å². The molecule has 0 aliphatic carbocycles. The highest BCUT2D eigenvalue weighted by Gasteiger charge is 2.26. The Kier molecular flexibility index (Phi) is 4.02. The highest BCUT2D eigenvalue weighted by Crippen LogP contribution is 2.20. The molecule has 0 N–H and O–H groups in total. The van der Waals surface area contributed by atoms with Gasteiger partial charge in [-0.05, 0) is 30.2 Å². The molecule has 0 saturated heterocycles. The highest BCUT2D eigenvalue weighted by atomic mass is 19.4. The molecule has 0 aliphatic rings. The number of halogens is 4. The van der Waals surface area contributed by atoms with Crippen LogP contribution in [0.5, 0.6) is 5.75 Å². The fraction of sp³-hybridized carbons (Fsp3) is 0.143. The van der Waals surface area contributed by atoms with Crippen LogP contribution in [0.15, 0.2) is 42.5 Å². The summed E-state index contributed by atoms with van der Waals surface area (Å²) in [4.78, 5) is 0. The van der Waals surface area contributed by atoms with E-state index in [-0.39, 0.29) is 12.4 Å². The van der Waals surface area contributed by atoms with Crippen LogP contribution in [-0.4, -0.2) is 6.98 Å². The summed E-state index contributed by atoms with van der Waals surface area (Å²) in [7, 11) is 0. The van der Waals surface area contributed by atoms with Gasteiger partial charge in [-0.2, -0.15) is 0 Å². The lowest BCUT2D eigenvalue weighted by Gasteiger charge is -2.17. The Labute approximate surface area is 114 Å². The van der Waals surface area contributed by atoms with Gasteiger partial charge in [-0.3, -0.25) is 0 Å². The van der Waals surface area contributed by atoms with Gasteiger partial charge in [0.05, 0.1) is 0 Å². The van der Waals surface area contributed by atoms with E-state index in [1.165, 1.54) is 0 Å². The first-order valence-electron chi connectivity index (χ1n) is 6.04. The third-order valence-corrected chi connectivity index (χ3v) is 2.98. The van der Waals surface area contributed by atoms with E-state index < -0.39 is 18.3 Å². The Morgan fingerprint density at radius 1 is 1.05 bits per heavy atom. The van der Waals surface area contributed by atoms with Crippen LogP contribution in [0.25, 0.3) is 0 Å². The summed E-state index contributed by atoms with van der Waals surface area (Å²) >= 11 is 0. The molecule has 0 amide bonds. The standard InChI is InChI=1S/C14H12BF4O/c1-10-4-2-3-5-11(10)9-20-14-8-12(15(17,18)19)6-7-13(14)16/h2-8H,9H2,1H3/q-1. The first-order valence-corrected chi connectivity index (χ1v) is 6.04. The normalized spacial score (nSPS) is 11.4. The first kappa shape index (κ1) is 14.4. The van der Waals surface area contributed by atoms with Gasteiger partial charge < -0.3 is 17.7 Å². The Hall–Kier alpha value is -1.98. The molecule has 0 saturated carbocycles. The lowest BCUT2D eigenvalue weighted by atomic mass is 9.80. The van der Waals surface area contributed by atoms with Gasteiger partial charge in [-0.25, -0.2) is 4.39 Å². The molecule has 0 unspecified atom stereocenters. The van der Waals surface area contributed by atoms with Gasteiger partial charge in [-0.15, -0.1) is 5.46 Å². The Bertz CT molecular complexity index is 610. The second kappa shape index (κ2) is 5.57. The molecule has 1 nitrogen and oxygen atoms in total. The van der Waals surface area contributed by atoms with Crippen molar-refractivity contribution in [1.29, 1.82) is 0 Å². The van der Waals surface area contributed by atoms with E-state index >= 15 is 0 Å². The predicted molar refractivity (Wildman–Crippen MR) is 70.6 cm³/mol. The zero-order chi connectivity index (χ0) is 14.8. The average molecular weight is 283 g/mol. The molecule has 0 radical (unpaired) electrons. The molecule has 0 spiro atoms. The summed E-state index contributed by atoms with van der Waals surface area (Å²) in [6, 6.07) is 9.46. The Morgan fingerprint density at radius 2 is 1.75 bits per heavy atom. The van der Waals surface area contributed by atoms with Crippen LogP contribution in [0.2, 0.25) is 0 Å². The van der Waals surface area contributed by atoms with Crippen molar-refractivity contribution < 1.29 is 22.1 Å². The van der Waals surface area contributed by atoms with E-state index in [1.54, 1.807) is 12.1 Å². The molecule has 0 bridgehead atoms. The van der Waals surface area contributed by atoms with E-state index in [2.05, 4.69) is 0 Å². The largest absolute Gasteiger partial charge is 0.509 e. The second-order valence-electron chi connectivity index (χ2n) is 4.48. The van der Waals surface area contributed by atoms with Gasteiger partial charge in [0, 0.05) is 0 Å². The van der Waals surface area contributed by atoms with E-state index in [0.717, 1.165) is 23.3 Å². The van der Waals surface area contributed by atoms with Gasteiger partial charge in [0.25, 0.3) is 0 Å². The maximum absolute atomic E-state index is 13.5. The van der Waals surface area contributed by atoms with Gasteiger partial charge >= 0.3 is 6.98 Å². The molecule has 0 aromatic heterocycles. The molecule has 0 heterocycles. The van der Waals surface area contributed by atoms with Crippen LogP contribution >= 0.6 is 0 Å². The highest BCUT2D eigenvalue weighted by molar-refractivity contribution is 6.73. The molecular formula is C14H12BF4O-. The molecule has 0 fully saturated rings. The van der Waals surface area contributed by atoms with Gasteiger partial charge in [0.2, 0.25) is 0 Å². The number of hydrogen-bond acceptors (Lipinski definition) is 1. The fourth-order valence-corrected chi connectivity index (χ4v) is 1.76. The van der Waals surface area contributed by atoms with Crippen LogP contribution in [0.3, 0.4) is 0 Å². The summed E-state index contributed by atoms with van der Waals surface area (Å²) in [5.41, 5.74) is 0.866. The third-order valence-electron chi connectivity index (χ3n) is 2.98. The lowest BCUT2D eigenvalue weighted by Crippen LogP contribution is -2.34. The average Bonchev–Trinajstić information content (AvgIpc) is 2.38. The van der Waals surface area contributed by atoms with Crippen molar-refractivity contribution in [3.8, 4) is 5.75 Å². The summed E-state index contributed by atoms with van der Waals surface area (Å²) in [5.74, 6) is -1.19. The number of benzene rings is 2. The SMILES string of the molecule is Cc1ccccc1COc1cc([B-](F)(F)F)ccc1F. The molecule has 2 aromatic carbocycles. The van der Waals surface area contributed by atoms with E-state index in [1.807, 2.05) is 19.1 Å². The molecule has 2 aromatic rings. The van der Waals surface area contributed by atoms with Crippen molar-refractivity contribution in [3.63, 3.8) is 0 Å². The first-order chi connectivity index (χ1) is 9.38. The maximum Gasteiger partial charge on any atom is 0.509 e. The smallest absolute Gasteiger partial charge is 0.486 e. The van der Waals surface area contributed by atoms with Crippen LogP contribution < -0.4 is 10.2 Å². The van der Waals surface area contributed by atoms with E-state index in [9.17, 15) is 17.3 Å². The summed E-state index contributed by atoms with van der Waals surface area (Å²) in [5, 5.41) is 0. The predicted octanol–water partition coefficient (Wildman–Crippen LogP) is 3.77. The van der Waals surface area contributed by atoms with Crippen LogP contribution in [-0.2, 0) is 6.61 Å². The topological polar surface area (TPSA) is 9.23 Å². The van der Waals surface area contributed by atoms with Crippen molar-refractivity contribution >= 4 is 12.4 Å². The summed E-state index contributed by atoms with van der Waals surface area (Å²) in [6.07, 6.45) is 0. The third kappa shape index (κ3) is 3.32. The minimum absolute atomic E-state index is 0.0257. The summed E-state index contributed by atoms with van der Waals surface area (Å²) < 4.78 is 56.5. The zero-order valence-electron chi connectivity index (χ0n) is 10.7. The molecule has 0 aliphatic heterocycles. The Morgan fingerprint density at radius 3 is 2.40 bits per heavy atom. The van der Waals surface area contributed by atoms with Crippen molar-refractivity contribution in [2.24, 2.45) is 0 Å². The van der Waals surface area contributed by atoms with Gasteiger partial charge in [0.15, 0.2) is 11.6 Å². The van der Waals surface area contributed by atoms with Crippen molar-refractivity contribution in [1.82, 2.24) is 0 Å². The van der Waals surface area contributed by atoms with Gasteiger partial charge in [-0.1, -0.05) is 30.3 Å². The number of hydrogen-bond donors (Lipinski definition) is 0. The second-order valence-corrected chi connectivity index (χ2v) is 4.48. The van der Waals surface area contributed by atoms with Crippen molar-refractivity contribution in [3.05, 3.63) is 59.4 Å². The molecule has 0 atom stereocenters. The van der Waals surface area contributed by atoms with Crippen molar-refractivity contribution in [2.75, 3.05) is 0 Å². The maximum atomic E-state index is 13.5. The molecular weight excluding hydrogens is 271 g/mol. The van der Waals surface area contributed by atoms with Crippen LogP contribution in [0.4, 0.5) is 17.3 Å². The fourth-order valence-electron chi connectivity index (χ4n) is 1.76. The molecule has 6 heteroatoms. The monoisotopic (exact) mass is 283 g/mol. The summed E-state index contributed by atoms with van der Waals surface area (Å²) in [6.45, 7) is -3.29. The van der Waals surface area contributed by atoms with Crippen LogP contribution in [0, 0.1) is 12.7 Å². The van der Waals surface area contributed by atoms with Gasteiger partial charge in [0.1, 0.15) is 6.61 Å². The molecule has 106 valence electrons. The minimum Gasteiger partial charge on any atom is -0.486 e. The number of ether oxygens (including phenoxy) is 1. The Balaban J connectivity index is 2.19. The molecule has 2 rings (SSSR count). The number of rotatable bonds is 4. The zero-order valence-corrected chi connectivity index (χ0v) is 10.7. The minimum atomic E-state index is -5.16. The quantitative estimate of drug-likeness (QED) is 0.613. The number of aryl methyl sites for hydroxylation is 1. The van der Waals surface area contributed by atoms with Crippen LogP contribution in [0.1, 0.15) is 11.1 Å².